The molecule has 2 saturated heterocycles. The first-order valence-corrected chi connectivity index (χ1v) is 21.4. The molecule has 0 saturated carbocycles. The van der Waals surface area contributed by atoms with Crippen LogP contribution in [0.3, 0.4) is 0 Å². The molecule has 6 heterocycles. The molecule has 0 spiro atoms. The highest BCUT2D eigenvalue weighted by Gasteiger charge is 2.37. The summed E-state index contributed by atoms with van der Waals surface area (Å²) in [6.07, 6.45) is 4.88. The van der Waals surface area contributed by atoms with Gasteiger partial charge in [0.15, 0.2) is 0 Å². The van der Waals surface area contributed by atoms with Crippen LogP contribution < -0.4 is 45.4 Å². The lowest BCUT2D eigenvalue weighted by atomic mass is 9.97. The average Bonchev–Trinajstić information content (AvgIpc) is 3.18. The van der Waals surface area contributed by atoms with Crippen LogP contribution in [-0.2, 0) is 35.2 Å². The summed E-state index contributed by atoms with van der Waals surface area (Å²) >= 11 is 0. The summed E-state index contributed by atoms with van der Waals surface area (Å²) in [6.45, 7) is 8.11. The Kier molecular flexibility index (Phi) is 14.3. The third-order valence-electron chi connectivity index (χ3n) is 10.2. The molecule has 0 aliphatic carbocycles. The standard InChI is InChI=1S/C20H30N6O6S.C15H22N6O4S/c1-20(2,3)26(19(28)29)33(30,31)22-11-13-6-8-25(9-7-13)15-10-14-12-21-24(4)18(27)16(14)17(23-15)32-5;1-20-15(22)13-11(9-17-20)7-12(18-14(13)25-2)21-5-3-10(4-6-21)8-16-19-26(23)24/h10,12-13,22H,6-9,11H2,1-5H3,(H,28,29);7,9-10,16,26H,3-6,8H2,1-2H3,(H,19,23,24). The maximum absolute atomic E-state index is 12.6. The number of anilines is 2. The van der Waals surface area contributed by atoms with Gasteiger partial charge in [-0.05, 0) is 70.4 Å². The summed E-state index contributed by atoms with van der Waals surface area (Å²) in [5.41, 5.74) is 1.08. The van der Waals surface area contributed by atoms with Gasteiger partial charge in [0.05, 0.1) is 32.2 Å². The van der Waals surface area contributed by atoms with Crippen LogP contribution in [-0.4, -0.2) is 121 Å². The molecule has 0 aromatic carbocycles. The molecule has 2 fully saturated rings. The Bertz CT molecular complexity index is 2450. The number of methoxy groups -OCH3 is 2. The van der Waals surface area contributed by atoms with Crippen molar-refractivity contribution in [3.63, 3.8) is 0 Å². The maximum Gasteiger partial charge on any atom is 0.422 e. The molecule has 0 atom stereocenters. The van der Waals surface area contributed by atoms with Crippen molar-refractivity contribution in [2.24, 2.45) is 25.9 Å². The maximum atomic E-state index is 12.6. The molecule has 24 heteroatoms. The van der Waals surface area contributed by atoms with Gasteiger partial charge < -0.3 is 24.4 Å². The van der Waals surface area contributed by atoms with E-state index in [1.165, 1.54) is 44.4 Å². The van der Waals surface area contributed by atoms with Gasteiger partial charge in [0, 0.05) is 64.1 Å². The SMILES string of the molecule is COc1nc(N2CCC(CNN[SH](=O)=O)CC2)cc2cnn(C)c(=O)c12.COc1nc(N2CCC(CNS(=O)(=O)N(C(=O)O)C(C)(C)C)CC2)cc2cnn(C)c(=O)c12. The van der Waals surface area contributed by atoms with E-state index in [9.17, 15) is 36.3 Å². The molecule has 324 valence electrons. The number of carboxylic acid groups (broad SMARTS) is 1. The Morgan fingerprint density at radius 2 is 1.25 bits per heavy atom. The van der Waals surface area contributed by atoms with Crippen LogP contribution in [0.4, 0.5) is 16.4 Å². The number of fused-ring (bicyclic) bond motifs is 2. The lowest BCUT2D eigenvalue weighted by Crippen LogP contribution is -2.54. The van der Waals surface area contributed by atoms with E-state index in [4.69, 9.17) is 9.47 Å². The number of amides is 1. The molecule has 6 rings (SSSR count). The van der Waals surface area contributed by atoms with Gasteiger partial charge in [-0.25, -0.2) is 28.0 Å². The number of rotatable bonds is 12. The van der Waals surface area contributed by atoms with E-state index in [2.05, 4.69) is 40.0 Å². The first-order valence-electron chi connectivity index (χ1n) is 18.8. The van der Waals surface area contributed by atoms with Crippen LogP contribution in [0.1, 0.15) is 46.5 Å². The summed E-state index contributed by atoms with van der Waals surface area (Å²) in [6, 6.07) is 3.65. The number of piperidine rings is 2. The Labute approximate surface area is 342 Å². The number of hydrazine groups is 1. The van der Waals surface area contributed by atoms with Crippen LogP contribution in [0.5, 0.6) is 11.8 Å². The fraction of sp³-hybridized carbons (Fsp3) is 0.571. The van der Waals surface area contributed by atoms with Gasteiger partial charge >= 0.3 is 16.3 Å². The molecule has 0 radical (unpaired) electrons. The minimum absolute atomic E-state index is 0.0444. The van der Waals surface area contributed by atoms with E-state index in [-0.39, 0.29) is 29.5 Å². The molecular formula is C35H52N12O10S2. The first kappa shape index (κ1) is 44.9. The van der Waals surface area contributed by atoms with Crippen molar-refractivity contribution in [2.45, 2.75) is 52.0 Å². The van der Waals surface area contributed by atoms with Gasteiger partial charge in [-0.3, -0.25) is 9.59 Å². The van der Waals surface area contributed by atoms with Crippen molar-refractivity contribution in [3.05, 3.63) is 45.2 Å². The second-order valence-corrected chi connectivity index (χ2v) is 17.6. The van der Waals surface area contributed by atoms with Gasteiger partial charge in [-0.1, -0.05) is 0 Å². The quantitative estimate of drug-likeness (QED) is 0.0950. The Hall–Kier alpha value is -5.17. The van der Waals surface area contributed by atoms with E-state index in [0.717, 1.165) is 31.7 Å². The van der Waals surface area contributed by atoms with Crippen molar-refractivity contribution in [3.8, 4) is 11.8 Å². The highest BCUT2D eigenvalue weighted by molar-refractivity contribution is 7.87. The van der Waals surface area contributed by atoms with Crippen LogP contribution in [0, 0.1) is 11.8 Å². The van der Waals surface area contributed by atoms with Crippen molar-refractivity contribution < 1.29 is 36.2 Å². The highest BCUT2D eigenvalue weighted by atomic mass is 32.2. The summed E-state index contributed by atoms with van der Waals surface area (Å²) in [4.78, 5) is 51.6. The average molecular weight is 865 g/mol. The monoisotopic (exact) mass is 864 g/mol. The van der Waals surface area contributed by atoms with Gasteiger partial charge in [-0.2, -0.15) is 42.4 Å². The second kappa shape index (κ2) is 18.8. The zero-order chi connectivity index (χ0) is 43.2. The number of aromatic nitrogens is 6. The lowest BCUT2D eigenvalue weighted by Gasteiger charge is -2.35. The molecule has 0 bridgehead atoms. The third kappa shape index (κ3) is 10.7. The van der Waals surface area contributed by atoms with Crippen LogP contribution in [0.2, 0.25) is 0 Å². The van der Waals surface area contributed by atoms with Crippen molar-refractivity contribution in [1.29, 1.82) is 0 Å². The number of hydrogen-bond acceptors (Lipinski definition) is 16. The number of pyridine rings is 2. The summed E-state index contributed by atoms with van der Waals surface area (Å²) < 4.78 is 62.2. The summed E-state index contributed by atoms with van der Waals surface area (Å²) in [5, 5.41) is 19.6. The Morgan fingerprint density at radius 3 is 1.63 bits per heavy atom. The van der Waals surface area contributed by atoms with E-state index in [1.807, 2.05) is 11.0 Å². The molecule has 2 aliphatic rings. The molecule has 4 N–H and O–H groups in total. The zero-order valence-electron chi connectivity index (χ0n) is 34.0. The number of ether oxygens (including phenoxy) is 2. The van der Waals surface area contributed by atoms with Crippen LogP contribution in [0.15, 0.2) is 34.1 Å². The van der Waals surface area contributed by atoms with E-state index in [0.29, 0.717) is 75.9 Å². The minimum atomic E-state index is -4.18. The van der Waals surface area contributed by atoms with Gasteiger partial charge in [0.1, 0.15) is 22.4 Å². The molecular weight excluding hydrogens is 813 g/mol. The normalized spacial score (nSPS) is 15.7. The van der Waals surface area contributed by atoms with Crippen LogP contribution in [0.25, 0.3) is 21.5 Å². The van der Waals surface area contributed by atoms with Gasteiger partial charge in [0.2, 0.25) is 22.7 Å². The Balaban J connectivity index is 0.000000230. The molecule has 0 unspecified atom stereocenters. The molecule has 1 amide bonds. The minimum Gasteiger partial charge on any atom is -0.480 e. The highest BCUT2D eigenvalue weighted by Crippen LogP contribution is 2.30. The lowest BCUT2D eigenvalue weighted by molar-refractivity contribution is 0.145. The fourth-order valence-corrected chi connectivity index (χ4v) is 8.78. The molecule has 59 heavy (non-hydrogen) atoms. The van der Waals surface area contributed by atoms with Crippen LogP contribution >= 0.6 is 0 Å². The number of carbonyl (C=O) groups is 1. The second-order valence-electron chi connectivity index (χ2n) is 15.2. The number of nitrogens with one attached hydrogen (secondary N) is 3. The predicted molar refractivity (Wildman–Crippen MR) is 221 cm³/mol. The zero-order valence-corrected chi connectivity index (χ0v) is 35.7. The van der Waals surface area contributed by atoms with E-state index in [1.54, 1.807) is 32.6 Å². The van der Waals surface area contributed by atoms with Crippen molar-refractivity contribution in [2.75, 3.05) is 63.3 Å². The number of hydrogen-bond donors (Lipinski definition) is 5. The topological polar surface area (TPSA) is 265 Å². The summed E-state index contributed by atoms with van der Waals surface area (Å²) in [5.74, 6) is 2.35. The molecule has 22 nitrogen and oxygen atoms in total. The fourth-order valence-electron chi connectivity index (χ4n) is 7.06. The summed E-state index contributed by atoms with van der Waals surface area (Å²) in [7, 11) is -0.704. The first-order chi connectivity index (χ1) is 27.8. The van der Waals surface area contributed by atoms with Crippen molar-refractivity contribution >= 4 is 60.4 Å². The number of aryl methyl sites for hydroxylation is 2. The smallest absolute Gasteiger partial charge is 0.422 e. The Morgan fingerprint density at radius 1 is 0.831 bits per heavy atom. The van der Waals surface area contributed by atoms with E-state index >= 15 is 0 Å². The van der Waals surface area contributed by atoms with E-state index < -0.39 is 32.7 Å². The predicted octanol–water partition coefficient (Wildman–Crippen LogP) is 0.341. The third-order valence-corrected chi connectivity index (χ3v) is 12.2. The molecule has 4 aromatic heterocycles. The van der Waals surface area contributed by atoms with Crippen molar-refractivity contribution in [1.82, 2.24) is 48.8 Å². The molecule has 4 aromatic rings. The largest absolute Gasteiger partial charge is 0.480 e. The number of nitrogens with zero attached hydrogens (tertiary/aromatic N) is 9. The van der Waals surface area contributed by atoms with Gasteiger partial charge in [0.25, 0.3) is 11.1 Å². The van der Waals surface area contributed by atoms with Gasteiger partial charge in [-0.15, -0.1) is 0 Å². The number of thiol groups is 1. The molecule has 2 aliphatic heterocycles.